The van der Waals surface area contributed by atoms with E-state index in [-0.39, 0.29) is 31.0 Å². The average molecular weight is 197 g/mol. The molecule has 12 heavy (non-hydrogen) atoms. The normalized spacial score (nSPS) is 9.92. The molecule has 0 aliphatic carbocycles. The van der Waals surface area contributed by atoms with Gasteiger partial charge in [-0.25, -0.2) is 4.68 Å². The van der Waals surface area contributed by atoms with E-state index in [4.69, 9.17) is 12.2 Å². The van der Waals surface area contributed by atoms with Crippen molar-refractivity contribution in [2.75, 3.05) is 20.6 Å². The number of hydrogen-bond acceptors (Lipinski definition) is 4. The molecule has 0 aromatic carbocycles. The first-order valence-electron chi connectivity index (χ1n) is 3.33. The summed E-state index contributed by atoms with van der Waals surface area (Å²) >= 11 is 4.88. The summed E-state index contributed by atoms with van der Waals surface area (Å²) in [5, 5.41) is 9.90. The van der Waals surface area contributed by atoms with Crippen molar-refractivity contribution in [1.29, 1.82) is 0 Å². The zero-order valence-electron chi connectivity index (χ0n) is 8.61. The summed E-state index contributed by atoms with van der Waals surface area (Å²) in [4.78, 5) is 2.07. The molecule has 0 unspecified atom stereocenters. The van der Waals surface area contributed by atoms with Crippen molar-refractivity contribution in [1.82, 2.24) is 25.1 Å². The summed E-state index contributed by atoms with van der Waals surface area (Å²) in [5.41, 5.74) is 0. The van der Waals surface area contributed by atoms with Crippen molar-refractivity contribution in [2.45, 2.75) is 6.54 Å². The Morgan fingerprint density at radius 2 is 2.33 bits per heavy atom. The second-order valence-electron chi connectivity index (χ2n) is 2.54. The summed E-state index contributed by atoms with van der Waals surface area (Å²) < 4.78 is 2.24. The van der Waals surface area contributed by atoms with Crippen LogP contribution in [0.5, 0.6) is 0 Å². The van der Waals surface area contributed by atoms with E-state index in [0.717, 1.165) is 13.1 Å². The summed E-state index contributed by atoms with van der Waals surface area (Å²) in [6.45, 7) is 1.73. The molecule has 0 radical (unpaired) electrons. The van der Waals surface area contributed by atoms with Crippen LogP contribution in [0.25, 0.3) is 0 Å². The van der Waals surface area contributed by atoms with E-state index in [0.29, 0.717) is 4.77 Å². The van der Waals surface area contributed by atoms with Crippen molar-refractivity contribution in [3.8, 4) is 0 Å². The number of nitrogens with one attached hydrogen (secondary N) is 1. The van der Waals surface area contributed by atoms with Crippen LogP contribution in [-0.2, 0) is 6.54 Å². The second-order valence-corrected chi connectivity index (χ2v) is 2.90. The van der Waals surface area contributed by atoms with E-state index in [9.17, 15) is 0 Å². The molecule has 0 aliphatic rings. The van der Waals surface area contributed by atoms with Crippen LogP contribution >= 0.6 is 12.2 Å². The van der Waals surface area contributed by atoms with Crippen LogP contribution in [0.4, 0.5) is 0 Å². The number of hydrogen-bond donors (Lipinski definition) is 1. The molecule has 0 spiro atoms. The standard InChI is InChI=1S/C5H11N5S.Na.H/c1-9(2)3-4-10-5(11)6-7-8-10;;/h3-4H2,1-2H3,(H,6,8,11);;/q;+1;-1. The molecule has 0 amide bonds. The van der Waals surface area contributed by atoms with Gasteiger partial charge in [-0.05, 0) is 26.3 Å². The van der Waals surface area contributed by atoms with Gasteiger partial charge < -0.3 is 6.33 Å². The zero-order chi connectivity index (χ0) is 8.27. The quantitative estimate of drug-likeness (QED) is 0.415. The third-order valence-corrected chi connectivity index (χ3v) is 1.60. The molecule has 0 bridgehead atoms. The Hall–Kier alpha value is 0.250. The molecule has 0 fully saturated rings. The van der Waals surface area contributed by atoms with Crippen LogP contribution in [0.3, 0.4) is 0 Å². The molecule has 1 aromatic rings. The molecule has 7 heteroatoms. The molecule has 1 N–H and O–H groups in total. The summed E-state index contributed by atoms with van der Waals surface area (Å²) in [7, 11) is 4.01. The molecule has 0 saturated heterocycles. The predicted molar refractivity (Wildman–Crippen MR) is 44.9 cm³/mol. The number of nitrogens with zero attached hydrogens (tertiary/aromatic N) is 4. The molecule has 1 aromatic heterocycles. The van der Waals surface area contributed by atoms with Gasteiger partial charge >= 0.3 is 29.6 Å². The van der Waals surface area contributed by atoms with Gasteiger partial charge in [0.15, 0.2) is 0 Å². The second kappa shape index (κ2) is 5.82. The van der Waals surface area contributed by atoms with Crippen LogP contribution in [-0.4, -0.2) is 45.7 Å². The topological polar surface area (TPSA) is 49.7 Å². The fraction of sp³-hybridized carbons (Fsp3) is 0.800. The smallest absolute Gasteiger partial charge is 1.00 e. The number of aromatic amines is 1. The van der Waals surface area contributed by atoms with Crippen LogP contribution in [0.15, 0.2) is 0 Å². The number of H-pyrrole nitrogens is 1. The van der Waals surface area contributed by atoms with Gasteiger partial charge in [-0.2, -0.15) is 5.21 Å². The first-order valence-corrected chi connectivity index (χ1v) is 3.73. The molecule has 1 heterocycles. The average Bonchev–Trinajstić information content (AvgIpc) is 2.31. The minimum absolute atomic E-state index is 0. The first-order chi connectivity index (χ1) is 5.20. The van der Waals surface area contributed by atoms with Crippen LogP contribution in [0.2, 0.25) is 0 Å². The molecule has 0 aliphatic heterocycles. The third kappa shape index (κ3) is 3.77. The van der Waals surface area contributed by atoms with Gasteiger partial charge in [-0.1, -0.05) is 10.3 Å². The first kappa shape index (κ1) is 12.2. The maximum atomic E-state index is 4.88. The van der Waals surface area contributed by atoms with E-state index < -0.39 is 0 Å². The number of tetrazole rings is 1. The number of likely N-dealkylation sites (N-methyl/N-ethyl adjacent to an activating group) is 1. The van der Waals surface area contributed by atoms with Crippen LogP contribution in [0, 0.1) is 4.77 Å². The minimum Gasteiger partial charge on any atom is -1.00 e. The fourth-order valence-electron chi connectivity index (χ4n) is 0.662. The zero-order valence-corrected chi connectivity index (χ0v) is 10.4. The number of aromatic nitrogens is 4. The Kier molecular flexibility index (Phi) is 5.94. The van der Waals surface area contributed by atoms with Crippen LogP contribution in [0.1, 0.15) is 1.43 Å². The van der Waals surface area contributed by atoms with Gasteiger partial charge in [0.2, 0.25) is 4.77 Å². The van der Waals surface area contributed by atoms with Crippen molar-refractivity contribution in [3.63, 3.8) is 0 Å². The molecule has 0 atom stereocenters. The van der Waals surface area contributed by atoms with E-state index in [2.05, 4.69) is 20.4 Å². The molecule has 0 saturated carbocycles. The Labute approximate surface area is 99.9 Å². The summed E-state index contributed by atoms with van der Waals surface area (Å²) in [6.07, 6.45) is 0. The van der Waals surface area contributed by atoms with Gasteiger partial charge in [0.25, 0.3) is 0 Å². The van der Waals surface area contributed by atoms with Crippen molar-refractivity contribution in [3.05, 3.63) is 4.77 Å². The van der Waals surface area contributed by atoms with E-state index >= 15 is 0 Å². The maximum Gasteiger partial charge on any atom is 1.00 e. The van der Waals surface area contributed by atoms with Gasteiger partial charge in [0.1, 0.15) is 0 Å². The Bertz CT molecular complexity index is 272. The van der Waals surface area contributed by atoms with E-state index in [1.807, 2.05) is 14.1 Å². The molecule has 1 rings (SSSR count). The minimum atomic E-state index is 0. The van der Waals surface area contributed by atoms with Gasteiger partial charge in [0, 0.05) is 6.54 Å². The van der Waals surface area contributed by atoms with Gasteiger partial charge in [0.05, 0.1) is 6.54 Å². The van der Waals surface area contributed by atoms with E-state index in [1.165, 1.54) is 0 Å². The van der Waals surface area contributed by atoms with Gasteiger partial charge in [-0.15, -0.1) is 0 Å². The molecular weight excluding hydrogens is 185 g/mol. The third-order valence-electron chi connectivity index (χ3n) is 1.30. The Morgan fingerprint density at radius 1 is 1.67 bits per heavy atom. The molecule has 5 nitrogen and oxygen atoms in total. The SMILES string of the molecule is CN(C)CCn1[nH]nnc1=S.[H-].[Na+]. The largest absolute Gasteiger partial charge is 1.00 e. The predicted octanol–water partition coefficient (Wildman–Crippen LogP) is -2.99. The van der Waals surface area contributed by atoms with E-state index in [1.54, 1.807) is 4.68 Å². The Morgan fingerprint density at radius 3 is 2.75 bits per heavy atom. The molecule has 64 valence electrons. The maximum absolute atomic E-state index is 4.88. The Balaban J connectivity index is 0. The van der Waals surface area contributed by atoms with Crippen molar-refractivity contribution >= 4 is 12.2 Å². The fourth-order valence-corrected chi connectivity index (χ4v) is 0.834. The number of rotatable bonds is 3. The van der Waals surface area contributed by atoms with Crippen molar-refractivity contribution < 1.29 is 31.0 Å². The summed E-state index contributed by atoms with van der Waals surface area (Å²) in [5.74, 6) is 0. The summed E-state index contributed by atoms with van der Waals surface area (Å²) in [6, 6.07) is 0. The van der Waals surface area contributed by atoms with Gasteiger partial charge in [-0.3, -0.25) is 0 Å². The molecular formula is C5H12N5NaS. The van der Waals surface area contributed by atoms with Crippen molar-refractivity contribution in [2.24, 2.45) is 0 Å². The van der Waals surface area contributed by atoms with Crippen LogP contribution < -0.4 is 29.6 Å². The monoisotopic (exact) mass is 197 g/mol.